The van der Waals surface area contributed by atoms with Crippen LogP contribution in [0, 0.1) is 20.8 Å². The lowest BCUT2D eigenvalue weighted by molar-refractivity contribution is -0.113. The third-order valence-corrected chi connectivity index (χ3v) is 7.11. The van der Waals surface area contributed by atoms with Gasteiger partial charge in [-0.2, -0.15) is 0 Å². The molecule has 1 aliphatic heterocycles. The first-order valence-corrected chi connectivity index (χ1v) is 12.4. The van der Waals surface area contributed by atoms with Crippen LogP contribution in [0.1, 0.15) is 29.5 Å². The first-order valence-electron chi connectivity index (χ1n) is 11.4. The summed E-state index contributed by atoms with van der Waals surface area (Å²) in [7, 11) is 0. The number of benzene rings is 2. The monoisotopic (exact) mass is 477 g/mol. The number of carbonyl (C=O) groups is 1. The van der Waals surface area contributed by atoms with Crippen LogP contribution in [0.4, 0.5) is 5.69 Å². The first-order chi connectivity index (χ1) is 16.4. The molecule has 176 valence electrons. The molecule has 5 rings (SSSR count). The molecule has 0 saturated carbocycles. The number of aryl methyl sites for hydroxylation is 3. The fourth-order valence-electron chi connectivity index (χ4n) is 4.60. The van der Waals surface area contributed by atoms with Crippen molar-refractivity contribution in [2.75, 3.05) is 17.7 Å². The second kappa shape index (κ2) is 9.27. The van der Waals surface area contributed by atoms with Crippen LogP contribution in [0.25, 0.3) is 22.1 Å². The van der Waals surface area contributed by atoms with Crippen molar-refractivity contribution < 1.29 is 13.9 Å². The normalized spacial score (nSPS) is 15.9. The molecule has 0 radical (unpaired) electrons. The summed E-state index contributed by atoms with van der Waals surface area (Å²) in [6.07, 6.45) is 1.81. The van der Waals surface area contributed by atoms with E-state index in [0.29, 0.717) is 29.4 Å². The molecule has 1 atom stereocenters. The number of furan rings is 1. The molecule has 7 nitrogen and oxygen atoms in total. The van der Waals surface area contributed by atoms with Crippen LogP contribution in [0.5, 0.6) is 0 Å². The Bertz CT molecular complexity index is 1430. The minimum Gasteiger partial charge on any atom is -0.448 e. The van der Waals surface area contributed by atoms with E-state index >= 15 is 0 Å². The Kier molecular flexibility index (Phi) is 6.18. The maximum Gasteiger partial charge on any atom is 0.297 e. The molecule has 1 aliphatic rings. The van der Waals surface area contributed by atoms with Crippen molar-refractivity contribution in [2.45, 2.75) is 51.4 Å². The van der Waals surface area contributed by atoms with Crippen molar-refractivity contribution in [1.29, 1.82) is 0 Å². The number of ether oxygens (including phenoxy) is 1. The van der Waals surface area contributed by atoms with E-state index in [9.17, 15) is 9.59 Å². The van der Waals surface area contributed by atoms with Gasteiger partial charge in [0.25, 0.3) is 5.56 Å². The van der Waals surface area contributed by atoms with Gasteiger partial charge >= 0.3 is 0 Å². The molecule has 1 N–H and O–H groups in total. The zero-order valence-electron chi connectivity index (χ0n) is 19.5. The first kappa shape index (κ1) is 22.7. The maximum absolute atomic E-state index is 13.4. The number of aromatic nitrogens is 2. The van der Waals surface area contributed by atoms with Crippen LogP contribution < -0.4 is 10.9 Å². The highest BCUT2D eigenvalue weighted by Crippen LogP contribution is 2.28. The van der Waals surface area contributed by atoms with Gasteiger partial charge in [0.2, 0.25) is 11.5 Å². The van der Waals surface area contributed by atoms with Gasteiger partial charge in [0.05, 0.1) is 18.4 Å². The molecule has 34 heavy (non-hydrogen) atoms. The number of hydrogen-bond donors (Lipinski definition) is 1. The number of nitrogens with one attached hydrogen (secondary N) is 1. The predicted molar refractivity (Wildman–Crippen MR) is 135 cm³/mol. The van der Waals surface area contributed by atoms with E-state index in [1.165, 1.54) is 11.8 Å². The molecular formula is C26H27N3O4S. The van der Waals surface area contributed by atoms with Gasteiger partial charge in [-0.1, -0.05) is 41.6 Å². The zero-order chi connectivity index (χ0) is 23.8. The summed E-state index contributed by atoms with van der Waals surface area (Å²) in [5, 5.41) is 4.31. The third-order valence-electron chi connectivity index (χ3n) is 6.13. The van der Waals surface area contributed by atoms with Crippen LogP contribution in [0.2, 0.25) is 0 Å². The highest BCUT2D eigenvalue weighted by atomic mass is 32.2. The summed E-state index contributed by atoms with van der Waals surface area (Å²) in [5.41, 5.74) is 5.17. The van der Waals surface area contributed by atoms with E-state index in [1.807, 2.05) is 45.0 Å². The van der Waals surface area contributed by atoms with Crippen LogP contribution in [0.15, 0.2) is 50.8 Å². The number of rotatable bonds is 6. The molecule has 0 aliphatic carbocycles. The zero-order valence-corrected chi connectivity index (χ0v) is 20.3. The molecule has 2 aromatic heterocycles. The van der Waals surface area contributed by atoms with E-state index in [0.717, 1.165) is 40.6 Å². The summed E-state index contributed by atoms with van der Waals surface area (Å²) in [6, 6.07) is 11.6. The van der Waals surface area contributed by atoms with Crippen molar-refractivity contribution in [1.82, 2.24) is 9.55 Å². The van der Waals surface area contributed by atoms with Crippen LogP contribution in [-0.2, 0) is 16.1 Å². The highest BCUT2D eigenvalue weighted by molar-refractivity contribution is 7.99. The van der Waals surface area contributed by atoms with Gasteiger partial charge in [0, 0.05) is 17.7 Å². The molecule has 4 aromatic rings. The van der Waals surface area contributed by atoms with Crippen LogP contribution in [0.3, 0.4) is 0 Å². The molecule has 1 fully saturated rings. The average Bonchev–Trinajstić information content (AvgIpc) is 3.45. The Morgan fingerprint density at radius 3 is 2.71 bits per heavy atom. The van der Waals surface area contributed by atoms with E-state index in [-0.39, 0.29) is 28.9 Å². The standard InChI is InChI=1S/C26H27N3O4S/c1-15-11-16(2)22(17(3)12-15)27-21(30)14-34-26-28-23-19-8-4-5-9-20(19)33-24(23)25(31)29(26)13-18-7-6-10-32-18/h4-5,8-9,11-12,18H,6-7,10,13-14H2,1-3H3,(H,27,30)/t18-/m1/s1. The van der Waals surface area contributed by atoms with E-state index in [1.54, 1.807) is 4.57 Å². The molecule has 1 saturated heterocycles. The summed E-state index contributed by atoms with van der Waals surface area (Å²) in [4.78, 5) is 31.1. The lowest BCUT2D eigenvalue weighted by Crippen LogP contribution is -2.29. The van der Waals surface area contributed by atoms with Gasteiger partial charge in [0.1, 0.15) is 11.1 Å². The van der Waals surface area contributed by atoms with Gasteiger partial charge < -0.3 is 14.5 Å². The fraction of sp³-hybridized carbons (Fsp3) is 0.346. The largest absolute Gasteiger partial charge is 0.448 e. The molecule has 0 spiro atoms. The number of carbonyl (C=O) groups excluding carboxylic acids is 1. The van der Waals surface area contributed by atoms with Gasteiger partial charge in [-0.25, -0.2) is 4.98 Å². The predicted octanol–water partition coefficient (Wildman–Crippen LogP) is 4.98. The summed E-state index contributed by atoms with van der Waals surface area (Å²) in [6.45, 7) is 7.10. The van der Waals surface area contributed by atoms with Crippen LogP contribution >= 0.6 is 11.8 Å². The fourth-order valence-corrected chi connectivity index (χ4v) is 5.40. The van der Waals surface area contributed by atoms with Gasteiger partial charge in [0.15, 0.2) is 5.16 Å². The third kappa shape index (κ3) is 4.35. The molecule has 2 aromatic carbocycles. The average molecular weight is 478 g/mol. The van der Waals surface area contributed by atoms with Crippen molar-refractivity contribution >= 4 is 45.4 Å². The molecule has 1 amide bonds. The van der Waals surface area contributed by atoms with Crippen LogP contribution in [-0.4, -0.2) is 33.9 Å². The van der Waals surface area contributed by atoms with Gasteiger partial charge in [-0.3, -0.25) is 14.2 Å². The number of nitrogens with zero attached hydrogens (tertiary/aromatic N) is 2. The topological polar surface area (TPSA) is 86.4 Å². The maximum atomic E-state index is 13.4. The number of hydrogen-bond acceptors (Lipinski definition) is 6. The SMILES string of the molecule is Cc1cc(C)c(NC(=O)CSc2nc3c(oc4ccccc43)c(=O)n2C[C@H]2CCCO2)c(C)c1. The lowest BCUT2D eigenvalue weighted by Gasteiger charge is -2.16. The number of thioether (sulfide) groups is 1. The van der Waals surface area contributed by atoms with E-state index in [2.05, 4.69) is 17.4 Å². The highest BCUT2D eigenvalue weighted by Gasteiger charge is 2.23. The number of para-hydroxylation sites is 1. The van der Waals surface area contributed by atoms with E-state index < -0.39 is 0 Å². The minimum atomic E-state index is -0.246. The van der Waals surface area contributed by atoms with Gasteiger partial charge in [-0.15, -0.1) is 0 Å². The Balaban J connectivity index is 1.46. The molecule has 3 heterocycles. The van der Waals surface area contributed by atoms with Gasteiger partial charge in [-0.05, 0) is 56.9 Å². The van der Waals surface area contributed by atoms with Crippen molar-refractivity contribution in [3.05, 3.63) is 63.4 Å². The molecule has 0 bridgehead atoms. The van der Waals surface area contributed by atoms with Crippen molar-refractivity contribution in [3.63, 3.8) is 0 Å². The van der Waals surface area contributed by atoms with Crippen molar-refractivity contribution in [3.8, 4) is 0 Å². The Morgan fingerprint density at radius 2 is 1.97 bits per heavy atom. The Hall–Kier alpha value is -3.10. The van der Waals surface area contributed by atoms with Crippen molar-refractivity contribution in [2.24, 2.45) is 0 Å². The molecular weight excluding hydrogens is 450 g/mol. The molecule has 8 heteroatoms. The number of fused-ring (bicyclic) bond motifs is 3. The Morgan fingerprint density at radius 1 is 1.21 bits per heavy atom. The number of anilines is 1. The lowest BCUT2D eigenvalue weighted by atomic mass is 10.1. The summed E-state index contributed by atoms with van der Waals surface area (Å²) >= 11 is 1.26. The minimum absolute atomic E-state index is 0.0487. The van der Waals surface area contributed by atoms with E-state index in [4.69, 9.17) is 14.1 Å². The summed E-state index contributed by atoms with van der Waals surface area (Å²) < 4.78 is 13.2. The second-order valence-electron chi connectivity index (χ2n) is 8.83. The Labute approximate surface area is 201 Å². The molecule has 0 unspecified atom stereocenters. The summed E-state index contributed by atoms with van der Waals surface area (Å²) in [5.74, 6) is -0.0124. The number of amides is 1. The smallest absolute Gasteiger partial charge is 0.297 e. The quantitative estimate of drug-likeness (QED) is 0.311. The second-order valence-corrected chi connectivity index (χ2v) is 9.77.